The number of hydrogen-bond acceptors (Lipinski definition) is 4. The molecule has 0 radical (unpaired) electrons. The number of carbonyl (C=O) groups is 1. The monoisotopic (exact) mass is 309 g/mol. The number of benzene rings is 1. The summed E-state index contributed by atoms with van der Waals surface area (Å²) in [5.41, 5.74) is 1.07. The van der Waals surface area contributed by atoms with E-state index in [2.05, 4.69) is 15.3 Å². The summed E-state index contributed by atoms with van der Waals surface area (Å²) in [5.74, 6) is -0.0175. The fourth-order valence-corrected chi connectivity index (χ4v) is 2.33. The van der Waals surface area contributed by atoms with Gasteiger partial charge in [0.1, 0.15) is 0 Å². The molecular weight excluding hydrogens is 298 g/mol. The van der Waals surface area contributed by atoms with Crippen LogP contribution in [0.4, 0.5) is 5.69 Å². The zero-order valence-corrected chi connectivity index (χ0v) is 12.2. The summed E-state index contributed by atoms with van der Waals surface area (Å²) >= 11 is 6.93. The number of aromatic nitrogens is 2. The molecule has 0 bridgehead atoms. The van der Waals surface area contributed by atoms with Crippen molar-refractivity contribution in [2.24, 2.45) is 0 Å². The lowest BCUT2D eigenvalue weighted by Crippen LogP contribution is -2.15. The van der Waals surface area contributed by atoms with Crippen molar-refractivity contribution in [2.75, 3.05) is 11.1 Å². The Bertz CT molecular complexity index is 670. The average Bonchev–Trinajstić information content (AvgIpc) is 2.38. The Hall–Kier alpha value is -1.79. The Labute approximate surface area is 124 Å². The van der Waals surface area contributed by atoms with E-state index in [1.165, 1.54) is 17.8 Å². The summed E-state index contributed by atoms with van der Waals surface area (Å²) in [4.78, 5) is 29.7. The Kier molecular flexibility index (Phi) is 4.81. The highest BCUT2D eigenvalue weighted by Gasteiger charge is 2.06. The van der Waals surface area contributed by atoms with Crippen molar-refractivity contribution in [1.29, 1.82) is 0 Å². The smallest absolute Gasteiger partial charge is 0.251 e. The van der Waals surface area contributed by atoms with Gasteiger partial charge < -0.3 is 10.3 Å². The molecule has 0 aliphatic carbocycles. The summed E-state index contributed by atoms with van der Waals surface area (Å²) in [6.07, 6.45) is 0. The Balaban J connectivity index is 1.92. The van der Waals surface area contributed by atoms with E-state index < -0.39 is 0 Å². The third kappa shape index (κ3) is 4.40. The highest BCUT2D eigenvalue weighted by Crippen LogP contribution is 2.15. The zero-order chi connectivity index (χ0) is 14.5. The molecule has 0 fully saturated rings. The maximum Gasteiger partial charge on any atom is 0.251 e. The number of rotatable bonds is 4. The van der Waals surface area contributed by atoms with Crippen molar-refractivity contribution >= 4 is 35.0 Å². The highest BCUT2D eigenvalue weighted by atomic mass is 35.5. The Morgan fingerprint density at radius 2 is 2.10 bits per heavy atom. The van der Waals surface area contributed by atoms with Crippen molar-refractivity contribution in [3.8, 4) is 0 Å². The summed E-state index contributed by atoms with van der Waals surface area (Å²) in [5, 5.41) is 3.77. The van der Waals surface area contributed by atoms with Crippen molar-refractivity contribution in [2.45, 2.75) is 12.1 Å². The fraction of sp³-hybridized carbons (Fsp3) is 0.154. The first kappa shape index (κ1) is 14.6. The van der Waals surface area contributed by atoms with E-state index in [0.717, 1.165) is 0 Å². The fourth-order valence-electron chi connectivity index (χ4n) is 1.48. The molecule has 104 valence electrons. The molecule has 0 spiro atoms. The van der Waals surface area contributed by atoms with Crippen LogP contribution in [0, 0.1) is 6.92 Å². The van der Waals surface area contributed by atoms with E-state index in [0.29, 0.717) is 21.6 Å². The molecule has 20 heavy (non-hydrogen) atoms. The molecule has 2 N–H and O–H groups in total. The minimum absolute atomic E-state index is 0.162. The Morgan fingerprint density at radius 3 is 2.75 bits per heavy atom. The number of thioether (sulfide) groups is 1. The molecule has 1 amide bonds. The average molecular weight is 310 g/mol. The second-order valence-electron chi connectivity index (χ2n) is 4.04. The summed E-state index contributed by atoms with van der Waals surface area (Å²) < 4.78 is 0. The predicted octanol–water partition coefficient (Wildman–Crippen LogP) is 2.46. The van der Waals surface area contributed by atoms with Gasteiger partial charge in [-0.25, -0.2) is 4.98 Å². The van der Waals surface area contributed by atoms with Gasteiger partial charge in [-0.1, -0.05) is 23.4 Å². The van der Waals surface area contributed by atoms with Gasteiger partial charge in [0, 0.05) is 22.5 Å². The van der Waals surface area contributed by atoms with E-state index in [1.807, 2.05) is 0 Å². The van der Waals surface area contributed by atoms with Crippen molar-refractivity contribution in [3.63, 3.8) is 0 Å². The maximum atomic E-state index is 11.8. The quantitative estimate of drug-likeness (QED) is 0.672. The van der Waals surface area contributed by atoms with E-state index in [1.54, 1.807) is 31.2 Å². The molecule has 5 nitrogen and oxygen atoms in total. The number of anilines is 1. The first-order valence-corrected chi connectivity index (χ1v) is 7.15. The SMILES string of the molecule is Cc1cc(=O)[nH]c(SCC(=O)Nc2ccc(Cl)cc2)n1. The summed E-state index contributed by atoms with van der Waals surface area (Å²) in [7, 11) is 0. The third-order valence-corrected chi connectivity index (χ3v) is 3.44. The molecule has 0 atom stereocenters. The van der Waals surface area contributed by atoms with Crippen LogP contribution in [0.2, 0.25) is 5.02 Å². The predicted molar refractivity (Wildman–Crippen MR) is 80.4 cm³/mol. The maximum absolute atomic E-state index is 11.8. The minimum Gasteiger partial charge on any atom is -0.325 e. The van der Waals surface area contributed by atoms with E-state index in [9.17, 15) is 9.59 Å². The van der Waals surface area contributed by atoms with Crippen LogP contribution in [0.5, 0.6) is 0 Å². The molecule has 1 aromatic carbocycles. The van der Waals surface area contributed by atoms with Crippen molar-refractivity contribution in [3.05, 3.63) is 51.4 Å². The third-order valence-electron chi connectivity index (χ3n) is 2.32. The first-order valence-electron chi connectivity index (χ1n) is 5.79. The van der Waals surface area contributed by atoms with Gasteiger partial charge in [-0.15, -0.1) is 0 Å². The largest absolute Gasteiger partial charge is 0.325 e. The number of aryl methyl sites for hydroxylation is 1. The van der Waals surface area contributed by atoms with Gasteiger partial charge in [0.2, 0.25) is 5.91 Å². The lowest BCUT2D eigenvalue weighted by Gasteiger charge is -2.05. The van der Waals surface area contributed by atoms with E-state index >= 15 is 0 Å². The normalized spacial score (nSPS) is 10.3. The molecule has 1 heterocycles. The first-order chi connectivity index (χ1) is 9.52. The number of nitrogens with one attached hydrogen (secondary N) is 2. The van der Waals surface area contributed by atoms with Crippen LogP contribution in [0.25, 0.3) is 0 Å². The standard InChI is InChI=1S/C13H12ClN3O2S/c1-8-6-11(18)17-13(15-8)20-7-12(19)16-10-4-2-9(14)3-5-10/h2-6H,7H2,1H3,(H,16,19)(H,15,17,18). The number of hydrogen-bond donors (Lipinski definition) is 2. The van der Waals surface area contributed by atoms with Crippen LogP contribution in [-0.4, -0.2) is 21.6 Å². The topological polar surface area (TPSA) is 74.8 Å². The molecule has 0 saturated heterocycles. The Morgan fingerprint density at radius 1 is 1.40 bits per heavy atom. The van der Waals surface area contributed by atoms with Gasteiger partial charge >= 0.3 is 0 Å². The van der Waals surface area contributed by atoms with Gasteiger partial charge in [-0.05, 0) is 31.2 Å². The van der Waals surface area contributed by atoms with Gasteiger partial charge in [0.05, 0.1) is 5.75 Å². The molecule has 7 heteroatoms. The van der Waals surface area contributed by atoms with Crippen LogP contribution in [0.3, 0.4) is 0 Å². The number of nitrogens with zero attached hydrogens (tertiary/aromatic N) is 1. The van der Waals surface area contributed by atoms with E-state index in [4.69, 9.17) is 11.6 Å². The highest BCUT2D eigenvalue weighted by molar-refractivity contribution is 7.99. The lowest BCUT2D eigenvalue weighted by atomic mass is 10.3. The van der Waals surface area contributed by atoms with Crippen LogP contribution in [-0.2, 0) is 4.79 Å². The number of amides is 1. The van der Waals surface area contributed by atoms with Crippen molar-refractivity contribution in [1.82, 2.24) is 9.97 Å². The van der Waals surface area contributed by atoms with Gasteiger partial charge in [0.25, 0.3) is 5.56 Å². The van der Waals surface area contributed by atoms with Crippen LogP contribution >= 0.6 is 23.4 Å². The minimum atomic E-state index is -0.224. The molecule has 0 unspecified atom stereocenters. The van der Waals surface area contributed by atoms with Crippen molar-refractivity contribution < 1.29 is 4.79 Å². The molecular formula is C13H12ClN3O2S. The number of carbonyl (C=O) groups excluding carboxylic acids is 1. The molecule has 0 aliphatic rings. The molecule has 2 rings (SSSR count). The summed E-state index contributed by atoms with van der Waals surface area (Å²) in [6.45, 7) is 1.73. The number of H-pyrrole nitrogens is 1. The van der Waals surface area contributed by atoms with Crippen LogP contribution in [0.15, 0.2) is 40.3 Å². The lowest BCUT2D eigenvalue weighted by molar-refractivity contribution is -0.113. The molecule has 0 aliphatic heterocycles. The van der Waals surface area contributed by atoms with Gasteiger partial charge in [-0.2, -0.15) is 0 Å². The zero-order valence-electron chi connectivity index (χ0n) is 10.6. The van der Waals surface area contributed by atoms with Gasteiger partial charge in [0.15, 0.2) is 5.16 Å². The molecule has 2 aromatic rings. The van der Waals surface area contributed by atoms with Crippen LogP contribution < -0.4 is 10.9 Å². The summed E-state index contributed by atoms with van der Waals surface area (Å²) in [6, 6.07) is 8.24. The second kappa shape index (κ2) is 6.58. The van der Waals surface area contributed by atoms with Gasteiger partial charge in [-0.3, -0.25) is 9.59 Å². The molecule has 0 saturated carbocycles. The number of halogens is 1. The molecule has 1 aromatic heterocycles. The van der Waals surface area contributed by atoms with Crippen LogP contribution in [0.1, 0.15) is 5.69 Å². The van der Waals surface area contributed by atoms with E-state index in [-0.39, 0.29) is 17.2 Å². The second-order valence-corrected chi connectivity index (χ2v) is 5.44. The number of aromatic amines is 1.